The Morgan fingerprint density at radius 3 is 1.82 bits per heavy atom. The molecule has 0 fully saturated rings. The minimum atomic E-state index is -3.29. The Balaban J connectivity index is 4.14. The van der Waals surface area contributed by atoms with Crippen LogP contribution in [0, 0.1) is 0 Å². The van der Waals surface area contributed by atoms with E-state index in [-0.39, 0.29) is 13.2 Å². The highest BCUT2D eigenvalue weighted by molar-refractivity contribution is 8.10. The predicted octanol–water partition coefficient (Wildman–Crippen LogP) is 2.59. The molecule has 0 aliphatic carbocycles. The second-order valence-electron chi connectivity index (χ2n) is 1.65. The molecule has 0 aliphatic heterocycles. The normalized spacial score (nSPS) is 12.5. The van der Waals surface area contributed by atoms with E-state index in [9.17, 15) is 8.78 Å². The molecule has 0 bridgehead atoms. The van der Waals surface area contributed by atoms with Crippen LogP contribution in [0.15, 0.2) is 0 Å². The Morgan fingerprint density at radius 1 is 1.27 bits per heavy atom. The molecular formula is C5H11F2O2PS. The van der Waals surface area contributed by atoms with Gasteiger partial charge in [0.05, 0.1) is 13.2 Å². The number of rotatable bonds is 5. The quantitative estimate of drug-likeness (QED) is 0.641. The summed E-state index contributed by atoms with van der Waals surface area (Å²) in [5, 5.41) is 0. The fraction of sp³-hybridized carbons (Fsp3) is 1.00. The van der Waals surface area contributed by atoms with Crippen molar-refractivity contribution in [1.29, 1.82) is 0 Å². The maximum absolute atomic E-state index is 12.2. The SMILES string of the molecule is CCOP(=S)(OCC)C(F)F. The molecule has 0 aromatic heterocycles. The van der Waals surface area contributed by atoms with Crippen LogP contribution in [0.2, 0.25) is 0 Å². The van der Waals surface area contributed by atoms with E-state index in [2.05, 4.69) is 20.9 Å². The van der Waals surface area contributed by atoms with Gasteiger partial charge in [0.25, 0.3) is 6.49 Å². The van der Waals surface area contributed by atoms with Crippen LogP contribution in [0.3, 0.4) is 0 Å². The largest absolute Gasteiger partial charge is 0.326 e. The van der Waals surface area contributed by atoms with E-state index in [0.29, 0.717) is 0 Å². The number of hydrogen-bond donors (Lipinski definition) is 0. The third kappa shape index (κ3) is 3.56. The molecule has 0 saturated carbocycles. The predicted molar refractivity (Wildman–Crippen MR) is 43.5 cm³/mol. The van der Waals surface area contributed by atoms with Crippen molar-refractivity contribution in [2.24, 2.45) is 0 Å². The van der Waals surface area contributed by atoms with Crippen LogP contribution in [0.25, 0.3) is 0 Å². The van der Waals surface area contributed by atoms with Gasteiger partial charge >= 0.3 is 6.17 Å². The van der Waals surface area contributed by atoms with Crippen molar-refractivity contribution >= 4 is 18.3 Å². The van der Waals surface area contributed by atoms with Crippen LogP contribution in [-0.4, -0.2) is 19.4 Å². The lowest BCUT2D eigenvalue weighted by Gasteiger charge is -2.19. The summed E-state index contributed by atoms with van der Waals surface area (Å²) in [6, 6.07) is 0. The van der Waals surface area contributed by atoms with Crippen molar-refractivity contribution in [2.45, 2.75) is 20.0 Å². The standard InChI is InChI=1S/C5H11F2O2PS/c1-3-8-10(11,5(6)7)9-4-2/h5H,3-4H2,1-2H3. The summed E-state index contributed by atoms with van der Waals surface area (Å²) in [5.74, 6) is 0. The average Bonchev–Trinajstić information content (AvgIpc) is 1.88. The van der Waals surface area contributed by atoms with Gasteiger partial charge in [0.1, 0.15) is 0 Å². The molecule has 11 heavy (non-hydrogen) atoms. The van der Waals surface area contributed by atoms with E-state index in [1.54, 1.807) is 13.8 Å². The molecule has 68 valence electrons. The third-order valence-corrected chi connectivity index (χ3v) is 3.68. The molecule has 0 aromatic rings. The molecule has 6 heteroatoms. The summed E-state index contributed by atoms with van der Waals surface area (Å²) in [7, 11) is 0. The highest BCUT2D eigenvalue weighted by atomic mass is 32.5. The smallest absolute Gasteiger partial charge is 0.311 e. The van der Waals surface area contributed by atoms with Gasteiger partial charge < -0.3 is 9.05 Å². The van der Waals surface area contributed by atoms with Crippen molar-refractivity contribution in [3.63, 3.8) is 0 Å². The highest BCUT2D eigenvalue weighted by Crippen LogP contribution is 2.54. The van der Waals surface area contributed by atoms with Crippen LogP contribution >= 0.6 is 6.49 Å². The van der Waals surface area contributed by atoms with E-state index in [1.807, 2.05) is 0 Å². The maximum Gasteiger partial charge on any atom is 0.311 e. The van der Waals surface area contributed by atoms with E-state index in [1.165, 1.54) is 0 Å². The summed E-state index contributed by atoms with van der Waals surface area (Å²) in [5.41, 5.74) is 0. The zero-order valence-electron chi connectivity index (χ0n) is 6.42. The molecule has 0 radical (unpaired) electrons. The molecule has 2 nitrogen and oxygen atoms in total. The number of alkyl halides is 2. The van der Waals surface area contributed by atoms with Gasteiger partial charge in [0.2, 0.25) is 0 Å². The van der Waals surface area contributed by atoms with Crippen molar-refractivity contribution in [3.8, 4) is 0 Å². The summed E-state index contributed by atoms with van der Waals surface area (Å²) in [4.78, 5) is 0. The second kappa shape index (κ2) is 5.14. The number of halogens is 2. The van der Waals surface area contributed by atoms with Gasteiger partial charge in [-0.25, -0.2) is 0 Å². The Bertz CT molecular complexity index is 143. The van der Waals surface area contributed by atoms with Gasteiger partial charge in [-0.2, -0.15) is 8.78 Å². The van der Waals surface area contributed by atoms with Crippen LogP contribution < -0.4 is 0 Å². The van der Waals surface area contributed by atoms with Crippen molar-refractivity contribution in [2.75, 3.05) is 13.2 Å². The van der Waals surface area contributed by atoms with Crippen molar-refractivity contribution in [3.05, 3.63) is 0 Å². The first-order valence-corrected chi connectivity index (χ1v) is 5.94. The lowest BCUT2D eigenvalue weighted by Crippen LogP contribution is -2.02. The lowest BCUT2D eigenvalue weighted by atomic mass is 10.9. The van der Waals surface area contributed by atoms with Gasteiger partial charge in [0.15, 0.2) is 0 Å². The van der Waals surface area contributed by atoms with E-state index in [0.717, 1.165) is 0 Å². The monoisotopic (exact) mass is 204 g/mol. The minimum absolute atomic E-state index is 0.168. The molecule has 0 unspecified atom stereocenters. The Hall–Kier alpha value is 0.430. The van der Waals surface area contributed by atoms with Gasteiger partial charge in [-0.15, -0.1) is 0 Å². The van der Waals surface area contributed by atoms with E-state index in [4.69, 9.17) is 0 Å². The van der Waals surface area contributed by atoms with E-state index < -0.39 is 12.7 Å². The first kappa shape index (κ1) is 11.4. The topological polar surface area (TPSA) is 18.5 Å². The van der Waals surface area contributed by atoms with Crippen LogP contribution in [0.4, 0.5) is 8.78 Å². The molecule has 0 rings (SSSR count). The van der Waals surface area contributed by atoms with Crippen molar-refractivity contribution in [1.82, 2.24) is 0 Å². The fourth-order valence-electron chi connectivity index (χ4n) is 0.510. The van der Waals surface area contributed by atoms with Crippen LogP contribution in [0.1, 0.15) is 13.8 Å². The first-order valence-electron chi connectivity index (χ1n) is 3.23. The maximum atomic E-state index is 12.2. The van der Waals surface area contributed by atoms with Gasteiger partial charge in [0, 0.05) is 0 Å². The van der Waals surface area contributed by atoms with Crippen LogP contribution in [-0.2, 0) is 20.9 Å². The Labute approximate surface area is 70.1 Å². The second-order valence-corrected chi connectivity index (χ2v) is 5.17. The minimum Gasteiger partial charge on any atom is -0.326 e. The molecule has 0 aromatic carbocycles. The zero-order chi connectivity index (χ0) is 8.91. The Kier molecular flexibility index (Phi) is 5.34. The first-order chi connectivity index (χ1) is 5.06. The Morgan fingerprint density at radius 2 is 1.64 bits per heavy atom. The summed E-state index contributed by atoms with van der Waals surface area (Å²) >= 11 is 4.54. The van der Waals surface area contributed by atoms with Gasteiger partial charge in [-0.05, 0) is 25.7 Å². The van der Waals surface area contributed by atoms with Crippen LogP contribution in [0.5, 0.6) is 0 Å². The number of hydrogen-bond acceptors (Lipinski definition) is 3. The van der Waals surface area contributed by atoms with Crippen molar-refractivity contribution < 1.29 is 17.8 Å². The summed E-state index contributed by atoms with van der Waals surface area (Å²) in [6.45, 7) is 0.272. The zero-order valence-corrected chi connectivity index (χ0v) is 8.13. The summed E-state index contributed by atoms with van der Waals surface area (Å²) in [6.07, 6.45) is -2.68. The molecule has 0 saturated heterocycles. The summed E-state index contributed by atoms with van der Waals surface area (Å²) < 4.78 is 33.7. The fourth-order valence-corrected chi connectivity index (χ4v) is 2.16. The lowest BCUT2D eigenvalue weighted by molar-refractivity contribution is 0.168. The van der Waals surface area contributed by atoms with Gasteiger partial charge in [-0.3, -0.25) is 0 Å². The molecule has 0 aliphatic rings. The third-order valence-electron chi connectivity index (χ3n) is 0.857. The molecular weight excluding hydrogens is 193 g/mol. The van der Waals surface area contributed by atoms with E-state index >= 15 is 0 Å². The van der Waals surface area contributed by atoms with Gasteiger partial charge in [-0.1, -0.05) is 0 Å². The molecule has 0 spiro atoms. The molecule has 0 heterocycles. The highest BCUT2D eigenvalue weighted by Gasteiger charge is 2.29. The average molecular weight is 204 g/mol. The molecule has 0 amide bonds. The molecule has 0 N–H and O–H groups in total. The molecule has 0 atom stereocenters.